The minimum atomic E-state index is -0.0336. The van der Waals surface area contributed by atoms with Gasteiger partial charge in [0.05, 0.1) is 18.9 Å². The van der Waals surface area contributed by atoms with Gasteiger partial charge in [0.15, 0.2) is 5.16 Å². The Hall–Kier alpha value is -2.74. The SMILES string of the molecule is COc1ccc(-n2cnnc2SCC(=O)NC2CC(C)(C)Cc3oc(C)cc32)cc1. The quantitative estimate of drug-likeness (QED) is 0.598. The fraction of sp³-hybridized carbons (Fsp3) is 0.409. The molecule has 0 aliphatic heterocycles. The second kappa shape index (κ2) is 8.18. The number of ether oxygens (including phenoxy) is 1. The third-order valence-corrected chi connectivity index (χ3v) is 6.21. The number of hydrogen-bond donors (Lipinski definition) is 1. The van der Waals surface area contributed by atoms with Gasteiger partial charge in [0, 0.05) is 17.7 Å². The van der Waals surface area contributed by atoms with Crippen LogP contribution >= 0.6 is 11.8 Å². The van der Waals surface area contributed by atoms with Gasteiger partial charge in [-0.05, 0) is 49.1 Å². The molecule has 1 aromatic carbocycles. The van der Waals surface area contributed by atoms with Crippen LogP contribution in [0.2, 0.25) is 0 Å². The number of aromatic nitrogens is 3. The summed E-state index contributed by atoms with van der Waals surface area (Å²) in [6, 6.07) is 9.63. The molecule has 1 N–H and O–H groups in total. The number of aryl methyl sites for hydroxylation is 1. The number of carbonyl (C=O) groups excluding carboxylic acids is 1. The molecule has 30 heavy (non-hydrogen) atoms. The van der Waals surface area contributed by atoms with Crippen molar-refractivity contribution in [2.75, 3.05) is 12.9 Å². The van der Waals surface area contributed by atoms with Crippen LogP contribution in [-0.2, 0) is 11.2 Å². The van der Waals surface area contributed by atoms with E-state index in [-0.39, 0.29) is 23.1 Å². The molecular weight excluding hydrogens is 400 g/mol. The van der Waals surface area contributed by atoms with Gasteiger partial charge in [-0.2, -0.15) is 0 Å². The van der Waals surface area contributed by atoms with Crippen LogP contribution < -0.4 is 10.1 Å². The molecule has 3 aromatic rings. The predicted octanol–water partition coefficient (Wildman–Crippen LogP) is 4.10. The fourth-order valence-corrected chi connectivity index (χ4v) is 4.66. The summed E-state index contributed by atoms with van der Waals surface area (Å²) in [7, 11) is 1.63. The largest absolute Gasteiger partial charge is 0.497 e. The van der Waals surface area contributed by atoms with Gasteiger partial charge in [-0.25, -0.2) is 0 Å². The maximum absolute atomic E-state index is 12.7. The van der Waals surface area contributed by atoms with Crippen LogP contribution in [0.1, 0.15) is 43.4 Å². The highest BCUT2D eigenvalue weighted by molar-refractivity contribution is 7.99. The number of amides is 1. The number of rotatable bonds is 6. The first kappa shape index (κ1) is 20.5. The van der Waals surface area contributed by atoms with Gasteiger partial charge in [0.25, 0.3) is 0 Å². The Kier molecular flexibility index (Phi) is 5.60. The molecular formula is C22H26N4O3S. The van der Waals surface area contributed by atoms with Crippen LogP contribution in [0.25, 0.3) is 5.69 Å². The van der Waals surface area contributed by atoms with E-state index in [0.29, 0.717) is 5.16 Å². The molecule has 1 unspecified atom stereocenters. The zero-order valence-electron chi connectivity index (χ0n) is 17.6. The summed E-state index contributed by atoms with van der Waals surface area (Å²) >= 11 is 1.36. The standard InChI is InChI=1S/C22H26N4O3S/c1-14-9-17-18(10-22(2,3)11-19(17)29-14)24-20(27)12-30-21-25-23-13-26(21)15-5-7-16(28-4)8-6-15/h5-9,13,18H,10-12H2,1-4H3,(H,24,27). The fourth-order valence-electron chi connectivity index (χ4n) is 3.92. The van der Waals surface area contributed by atoms with Crippen molar-refractivity contribution in [3.63, 3.8) is 0 Å². The molecule has 0 radical (unpaired) electrons. The second-order valence-electron chi connectivity index (χ2n) is 8.37. The van der Waals surface area contributed by atoms with Gasteiger partial charge >= 0.3 is 0 Å². The van der Waals surface area contributed by atoms with E-state index >= 15 is 0 Å². The Morgan fingerprint density at radius 1 is 1.37 bits per heavy atom. The smallest absolute Gasteiger partial charge is 0.230 e. The summed E-state index contributed by atoms with van der Waals surface area (Å²) in [6.45, 7) is 6.37. The molecule has 0 bridgehead atoms. The summed E-state index contributed by atoms with van der Waals surface area (Å²) in [5.74, 6) is 2.89. The van der Waals surface area contributed by atoms with E-state index in [2.05, 4.69) is 29.4 Å². The molecule has 0 saturated carbocycles. The summed E-state index contributed by atoms with van der Waals surface area (Å²) in [6.07, 6.45) is 3.42. The Morgan fingerprint density at radius 3 is 2.87 bits per heavy atom. The van der Waals surface area contributed by atoms with E-state index in [4.69, 9.17) is 9.15 Å². The minimum Gasteiger partial charge on any atom is -0.497 e. The predicted molar refractivity (Wildman–Crippen MR) is 115 cm³/mol. The first-order chi connectivity index (χ1) is 14.3. The van der Waals surface area contributed by atoms with Gasteiger partial charge in [0.1, 0.15) is 23.6 Å². The van der Waals surface area contributed by atoms with E-state index in [0.717, 1.165) is 41.4 Å². The van der Waals surface area contributed by atoms with E-state index < -0.39 is 0 Å². The van der Waals surface area contributed by atoms with E-state index in [1.807, 2.05) is 41.8 Å². The lowest BCUT2D eigenvalue weighted by Gasteiger charge is -2.34. The Morgan fingerprint density at radius 2 is 2.13 bits per heavy atom. The third kappa shape index (κ3) is 4.38. The molecule has 158 valence electrons. The van der Waals surface area contributed by atoms with E-state index in [1.54, 1.807) is 13.4 Å². The minimum absolute atomic E-state index is 0.0308. The van der Waals surface area contributed by atoms with Crippen molar-refractivity contribution in [2.24, 2.45) is 5.41 Å². The number of nitrogens with one attached hydrogen (secondary N) is 1. The van der Waals surface area contributed by atoms with Gasteiger partial charge in [-0.15, -0.1) is 10.2 Å². The highest BCUT2D eigenvalue weighted by atomic mass is 32.2. The molecule has 2 aromatic heterocycles. The number of hydrogen-bond acceptors (Lipinski definition) is 6. The first-order valence-corrected chi connectivity index (χ1v) is 10.9. The average molecular weight is 427 g/mol. The number of methoxy groups -OCH3 is 1. The van der Waals surface area contributed by atoms with Crippen molar-refractivity contribution in [1.29, 1.82) is 0 Å². The number of benzene rings is 1. The van der Waals surface area contributed by atoms with Crippen molar-refractivity contribution >= 4 is 17.7 Å². The molecule has 0 saturated heterocycles. The van der Waals surface area contributed by atoms with Gasteiger partial charge in [-0.1, -0.05) is 25.6 Å². The van der Waals surface area contributed by atoms with Crippen molar-refractivity contribution in [3.05, 3.63) is 53.7 Å². The molecule has 2 heterocycles. The van der Waals surface area contributed by atoms with Crippen molar-refractivity contribution in [3.8, 4) is 11.4 Å². The average Bonchev–Trinajstić information content (AvgIpc) is 3.31. The Balaban J connectivity index is 1.42. The number of nitrogens with zero attached hydrogens (tertiary/aromatic N) is 3. The second-order valence-corrected chi connectivity index (χ2v) is 9.31. The molecule has 1 atom stereocenters. The molecule has 0 fully saturated rings. The third-order valence-electron chi connectivity index (χ3n) is 5.27. The van der Waals surface area contributed by atoms with Crippen LogP contribution in [0, 0.1) is 12.3 Å². The molecule has 0 spiro atoms. The van der Waals surface area contributed by atoms with Crippen LogP contribution in [0.4, 0.5) is 0 Å². The molecule has 7 nitrogen and oxygen atoms in total. The normalized spacial score (nSPS) is 17.4. The highest BCUT2D eigenvalue weighted by Crippen LogP contribution is 2.42. The van der Waals surface area contributed by atoms with Gasteiger partial charge in [-0.3, -0.25) is 9.36 Å². The lowest BCUT2D eigenvalue weighted by Crippen LogP contribution is -2.36. The maximum atomic E-state index is 12.7. The first-order valence-electron chi connectivity index (χ1n) is 9.90. The van der Waals surface area contributed by atoms with E-state index in [9.17, 15) is 4.79 Å². The molecule has 1 amide bonds. The van der Waals surface area contributed by atoms with Crippen LogP contribution in [0.5, 0.6) is 5.75 Å². The van der Waals surface area contributed by atoms with Crippen LogP contribution in [0.15, 0.2) is 46.2 Å². The molecule has 1 aliphatic carbocycles. The zero-order chi connectivity index (χ0) is 21.3. The van der Waals surface area contributed by atoms with Crippen molar-refractivity contribution < 1.29 is 13.9 Å². The summed E-state index contributed by atoms with van der Waals surface area (Å²) in [5.41, 5.74) is 2.10. The van der Waals surface area contributed by atoms with Crippen LogP contribution in [-0.4, -0.2) is 33.5 Å². The van der Waals surface area contributed by atoms with Gasteiger partial charge in [0.2, 0.25) is 5.91 Å². The number of thioether (sulfide) groups is 1. The van der Waals surface area contributed by atoms with E-state index in [1.165, 1.54) is 11.8 Å². The highest BCUT2D eigenvalue weighted by Gasteiger charge is 2.35. The van der Waals surface area contributed by atoms with Crippen molar-refractivity contribution in [2.45, 2.75) is 44.8 Å². The molecule has 4 rings (SSSR count). The zero-order valence-corrected chi connectivity index (χ0v) is 18.5. The lowest BCUT2D eigenvalue weighted by molar-refractivity contribution is -0.119. The summed E-state index contributed by atoms with van der Waals surface area (Å²) in [4.78, 5) is 12.7. The lowest BCUT2D eigenvalue weighted by atomic mass is 9.75. The van der Waals surface area contributed by atoms with Gasteiger partial charge < -0.3 is 14.5 Å². The summed E-state index contributed by atoms with van der Waals surface area (Å²) < 4.78 is 12.9. The number of furan rings is 1. The molecule has 8 heteroatoms. The number of fused-ring (bicyclic) bond motifs is 1. The summed E-state index contributed by atoms with van der Waals surface area (Å²) in [5, 5.41) is 12.0. The van der Waals surface area contributed by atoms with Crippen LogP contribution in [0.3, 0.4) is 0 Å². The maximum Gasteiger partial charge on any atom is 0.230 e. The Labute approximate surface area is 180 Å². The topological polar surface area (TPSA) is 82.2 Å². The Bertz CT molecular complexity index is 1040. The molecule has 1 aliphatic rings. The van der Waals surface area contributed by atoms with Crippen molar-refractivity contribution in [1.82, 2.24) is 20.1 Å². The monoisotopic (exact) mass is 426 g/mol. The number of carbonyl (C=O) groups is 1.